The van der Waals surface area contributed by atoms with Gasteiger partial charge in [0, 0.05) is 39.9 Å². The zero-order chi connectivity index (χ0) is 24.8. The summed E-state index contributed by atoms with van der Waals surface area (Å²) in [7, 11) is 0. The van der Waals surface area contributed by atoms with Crippen molar-refractivity contribution >= 4 is 46.1 Å². The van der Waals surface area contributed by atoms with Gasteiger partial charge in [-0.25, -0.2) is 4.79 Å². The van der Waals surface area contributed by atoms with Crippen molar-refractivity contribution in [1.82, 2.24) is 4.57 Å². The number of hydrogen-bond acceptors (Lipinski definition) is 4. The minimum absolute atomic E-state index is 0.0369. The quantitative estimate of drug-likeness (QED) is 0.196. The van der Waals surface area contributed by atoms with Crippen LogP contribution < -0.4 is 5.32 Å². The molecule has 0 aliphatic heterocycles. The Morgan fingerprint density at radius 2 is 1.86 bits per heavy atom. The van der Waals surface area contributed by atoms with Crippen LogP contribution in [-0.4, -0.2) is 23.1 Å². The van der Waals surface area contributed by atoms with Crippen LogP contribution in [0.15, 0.2) is 84.6 Å². The summed E-state index contributed by atoms with van der Waals surface area (Å²) in [6.07, 6.45) is 3.50. The van der Waals surface area contributed by atoms with Crippen molar-refractivity contribution in [2.45, 2.75) is 13.5 Å². The summed E-state index contributed by atoms with van der Waals surface area (Å²) in [5.41, 5.74) is 3.59. The van der Waals surface area contributed by atoms with E-state index in [0.717, 1.165) is 22.0 Å². The standard InChI is InChI=1S/C28H22ClN3O3/c1-2-35-28(34)20-10-12-24(13-11-20)31-27(33)21(16-30)15-22-18-32(26-9-4-3-8-25(22)26)17-19-6-5-7-23(29)14-19/h3-15,18H,2,17H2,1H3,(H,31,33)/b21-15+. The van der Waals surface area contributed by atoms with Crippen molar-refractivity contribution in [1.29, 1.82) is 5.26 Å². The number of hydrogen-bond donors (Lipinski definition) is 1. The van der Waals surface area contributed by atoms with Gasteiger partial charge in [0.25, 0.3) is 5.91 Å². The van der Waals surface area contributed by atoms with E-state index >= 15 is 0 Å². The van der Waals surface area contributed by atoms with Crippen LogP contribution in [0.3, 0.4) is 0 Å². The summed E-state index contributed by atoms with van der Waals surface area (Å²) in [5, 5.41) is 14.0. The van der Waals surface area contributed by atoms with Crippen LogP contribution in [0, 0.1) is 11.3 Å². The van der Waals surface area contributed by atoms with E-state index in [1.54, 1.807) is 37.3 Å². The first kappa shape index (κ1) is 23.8. The zero-order valence-corrected chi connectivity index (χ0v) is 19.8. The third-order valence-corrected chi connectivity index (χ3v) is 5.62. The highest BCUT2D eigenvalue weighted by Gasteiger charge is 2.14. The first-order valence-corrected chi connectivity index (χ1v) is 11.4. The molecule has 6 nitrogen and oxygen atoms in total. The van der Waals surface area contributed by atoms with Crippen LogP contribution >= 0.6 is 11.6 Å². The summed E-state index contributed by atoms with van der Waals surface area (Å²) in [5.74, 6) is -0.972. The Bertz CT molecular complexity index is 1460. The molecule has 174 valence electrons. The van der Waals surface area contributed by atoms with Gasteiger partial charge in [-0.3, -0.25) is 4.79 Å². The normalized spacial score (nSPS) is 11.2. The number of esters is 1. The number of amides is 1. The fourth-order valence-corrected chi connectivity index (χ4v) is 3.97. The molecule has 0 fully saturated rings. The fraction of sp³-hybridized carbons (Fsp3) is 0.107. The van der Waals surface area contributed by atoms with Crippen molar-refractivity contribution < 1.29 is 14.3 Å². The maximum atomic E-state index is 12.8. The molecule has 0 spiro atoms. The summed E-state index contributed by atoms with van der Waals surface area (Å²) in [6, 6.07) is 23.8. The number of rotatable bonds is 7. The second-order valence-corrected chi connectivity index (χ2v) is 8.22. The molecule has 1 aromatic heterocycles. The van der Waals surface area contributed by atoms with E-state index in [4.69, 9.17) is 16.3 Å². The fourth-order valence-electron chi connectivity index (χ4n) is 3.76. The second kappa shape index (κ2) is 10.7. The number of aromatic nitrogens is 1. The number of benzene rings is 3. The van der Waals surface area contributed by atoms with Crippen LogP contribution in [0.4, 0.5) is 5.69 Å². The lowest BCUT2D eigenvalue weighted by molar-refractivity contribution is -0.112. The number of ether oxygens (including phenoxy) is 1. The highest BCUT2D eigenvalue weighted by molar-refractivity contribution is 6.30. The monoisotopic (exact) mass is 483 g/mol. The molecular weight excluding hydrogens is 462 g/mol. The number of carbonyl (C=O) groups excluding carboxylic acids is 2. The lowest BCUT2D eigenvalue weighted by atomic mass is 10.1. The Balaban J connectivity index is 1.59. The number of fused-ring (bicyclic) bond motifs is 1. The van der Waals surface area contributed by atoms with Crippen molar-refractivity contribution in [3.05, 3.63) is 106 Å². The van der Waals surface area contributed by atoms with E-state index < -0.39 is 11.9 Å². The zero-order valence-electron chi connectivity index (χ0n) is 19.0. The van der Waals surface area contributed by atoms with E-state index in [0.29, 0.717) is 22.8 Å². The summed E-state index contributed by atoms with van der Waals surface area (Å²) < 4.78 is 7.03. The van der Waals surface area contributed by atoms with Gasteiger partial charge in [0.1, 0.15) is 11.6 Å². The van der Waals surface area contributed by atoms with Gasteiger partial charge in [0.05, 0.1) is 12.2 Å². The van der Waals surface area contributed by atoms with Crippen molar-refractivity contribution in [2.24, 2.45) is 0 Å². The van der Waals surface area contributed by atoms with Gasteiger partial charge in [-0.15, -0.1) is 0 Å². The van der Waals surface area contributed by atoms with Crippen LogP contribution in [0.5, 0.6) is 0 Å². The van der Waals surface area contributed by atoms with Gasteiger partial charge < -0.3 is 14.6 Å². The maximum Gasteiger partial charge on any atom is 0.338 e. The highest BCUT2D eigenvalue weighted by atomic mass is 35.5. The molecule has 0 bridgehead atoms. The second-order valence-electron chi connectivity index (χ2n) is 7.78. The van der Waals surface area contributed by atoms with Gasteiger partial charge in [-0.2, -0.15) is 5.26 Å². The van der Waals surface area contributed by atoms with Gasteiger partial charge in [-0.05, 0) is 61.0 Å². The molecule has 1 heterocycles. The first-order chi connectivity index (χ1) is 17.0. The van der Waals surface area contributed by atoms with Gasteiger partial charge in [0.2, 0.25) is 0 Å². The SMILES string of the molecule is CCOC(=O)c1ccc(NC(=O)/C(C#N)=C/c2cn(Cc3cccc(Cl)c3)c3ccccc23)cc1. The summed E-state index contributed by atoms with van der Waals surface area (Å²) in [4.78, 5) is 24.6. The van der Waals surface area contributed by atoms with Gasteiger partial charge in [0.15, 0.2) is 0 Å². The third-order valence-electron chi connectivity index (χ3n) is 5.38. The number of nitrogens with one attached hydrogen (secondary N) is 1. The molecule has 1 amide bonds. The van der Waals surface area contributed by atoms with Crippen molar-refractivity contribution in [3.63, 3.8) is 0 Å². The van der Waals surface area contributed by atoms with Gasteiger partial charge >= 0.3 is 5.97 Å². The highest BCUT2D eigenvalue weighted by Crippen LogP contribution is 2.25. The number of halogens is 1. The number of nitrogens with zero attached hydrogens (tertiary/aromatic N) is 2. The van der Waals surface area contributed by atoms with E-state index in [-0.39, 0.29) is 12.2 Å². The maximum absolute atomic E-state index is 12.8. The third kappa shape index (κ3) is 5.60. The predicted octanol–water partition coefficient (Wildman–Crippen LogP) is 6.07. The van der Waals surface area contributed by atoms with E-state index in [1.165, 1.54) is 0 Å². The van der Waals surface area contributed by atoms with Crippen LogP contribution in [0.1, 0.15) is 28.4 Å². The summed E-state index contributed by atoms with van der Waals surface area (Å²) >= 11 is 6.14. The van der Waals surface area contributed by atoms with Crippen LogP contribution in [-0.2, 0) is 16.1 Å². The summed E-state index contributed by atoms with van der Waals surface area (Å²) in [6.45, 7) is 2.61. The Morgan fingerprint density at radius 3 is 2.57 bits per heavy atom. The molecule has 0 saturated carbocycles. The molecule has 1 N–H and O–H groups in total. The molecule has 3 aromatic carbocycles. The molecular formula is C28H22ClN3O3. The van der Waals surface area contributed by atoms with E-state index in [1.807, 2.05) is 60.8 Å². The number of carbonyl (C=O) groups is 2. The number of nitriles is 1. The largest absolute Gasteiger partial charge is 0.462 e. The lowest BCUT2D eigenvalue weighted by Crippen LogP contribution is -2.13. The Kier molecular flexibility index (Phi) is 7.30. The predicted molar refractivity (Wildman–Crippen MR) is 137 cm³/mol. The van der Waals surface area contributed by atoms with Crippen molar-refractivity contribution in [2.75, 3.05) is 11.9 Å². The topological polar surface area (TPSA) is 84.1 Å². The Labute approximate surface area is 208 Å². The molecule has 0 radical (unpaired) electrons. The molecule has 0 aliphatic rings. The molecule has 7 heteroatoms. The molecule has 35 heavy (non-hydrogen) atoms. The molecule has 4 rings (SSSR count). The average molecular weight is 484 g/mol. The Hall–Kier alpha value is -4.34. The first-order valence-electron chi connectivity index (χ1n) is 11.0. The molecule has 0 aliphatic carbocycles. The number of anilines is 1. The minimum atomic E-state index is -0.539. The molecule has 0 unspecified atom stereocenters. The van der Waals surface area contributed by atoms with Crippen LogP contribution in [0.25, 0.3) is 17.0 Å². The van der Waals surface area contributed by atoms with E-state index in [2.05, 4.69) is 9.88 Å². The van der Waals surface area contributed by atoms with Crippen LogP contribution in [0.2, 0.25) is 5.02 Å². The molecule has 4 aromatic rings. The smallest absolute Gasteiger partial charge is 0.338 e. The average Bonchev–Trinajstić information content (AvgIpc) is 3.20. The van der Waals surface area contributed by atoms with Gasteiger partial charge in [-0.1, -0.05) is 41.9 Å². The molecule has 0 saturated heterocycles. The molecule has 0 atom stereocenters. The number of para-hydroxylation sites is 1. The Morgan fingerprint density at radius 1 is 1.09 bits per heavy atom. The minimum Gasteiger partial charge on any atom is -0.462 e. The lowest BCUT2D eigenvalue weighted by Gasteiger charge is -2.06. The van der Waals surface area contributed by atoms with Crippen molar-refractivity contribution in [3.8, 4) is 6.07 Å². The van der Waals surface area contributed by atoms with E-state index in [9.17, 15) is 14.9 Å².